The molecule has 0 amide bonds. The van der Waals surface area contributed by atoms with Gasteiger partial charge in [0.25, 0.3) is 30.4 Å². The number of azo groups is 1. The van der Waals surface area contributed by atoms with Gasteiger partial charge in [0.2, 0.25) is 11.6 Å². The molecule has 0 spiro atoms. The first-order valence-electron chi connectivity index (χ1n) is 13.5. The van der Waals surface area contributed by atoms with Crippen LogP contribution in [0.3, 0.4) is 0 Å². The number of ketones is 2. The van der Waals surface area contributed by atoms with Gasteiger partial charge < -0.3 is 11.5 Å². The molecule has 0 aliphatic heterocycles. The van der Waals surface area contributed by atoms with Gasteiger partial charge in [-0.1, -0.05) is 0 Å². The molecular formula is C28H22N8O11S3. The van der Waals surface area contributed by atoms with Crippen molar-refractivity contribution in [3.63, 3.8) is 0 Å². The lowest BCUT2D eigenvalue weighted by molar-refractivity contribution is -0.108. The van der Waals surface area contributed by atoms with E-state index in [0.717, 1.165) is 24.3 Å². The standard InChI is InChI=1S/C28H22N8O11S3/c29-15-1-10-20(21(37)13-15)34-31-16-2-4-17(5-3-16)32-35-26-22(49(42,43)44)11-14-12-23(50(45,46)47)27(28(38)24(14)25(26)30)36-33-18-6-8-19(9-7-18)48(39,40)41/h1-13,31,33H,29-30H2,(H,39,40,41)(H,42,43,44)(H,45,46,47)/b34-20-,35-32?,36-27+. The Labute approximate surface area is 282 Å². The van der Waals surface area contributed by atoms with E-state index in [-0.39, 0.29) is 22.8 Å². The van der Waals surface area contributed by atoms with Gasteiger partial charge in [0.15, 0.2) is 5.71 Å². The first kappa shape index (κ1) is 35.4. The Balaban J connectivity index is 1.50. The number of hydrazone groups is 2. The van der Waals surface area contributed by atoms with Crippen molar-refractivity contribution in [3.05, 3.63) is 94.6 Å². The second-order valence-electron chi connectivity index (χ2n) is 10.2. The number of nitrogens with one attached hydrogen (secondary N) is 2. The largest absolute Gasteiger partial charge is 0.399 e. The Kier molecular flexibility index (Phi) is 9.33. The van der Waals surface area contributed by atoms with Crippen LogP contribution in [0.1, 0.15) is 15.9 Å². The van der Waals surface area contributed by atoms with Crippen LogP contribution in [0.15, 0.2) is 114 Å². The fourth-order valence-corrected chi connectivity index (χ4v) is 6.19. The van der Waals surface area contributed by atoms with Gasteiger partial charge in [0, 0.05) is 11.8 Å². The van der Waals surface area contributed by atoms with Gasteiger partial charge in [-0.3, -0.25) is 34.1 Å². The zero-order valence-electron chi connectivity index (χ0n) is 24.8. The topological polar surface area (TPSA) is 323 Å². The van der Waals surface area contributed by atoms with Crippen molar-refractivity contribution < 1.29 is 48.5 Å². The number of nitrogens with zero attached hydrogens (tertiary/aromatic N) is 4. The molecule has 3 aromatic carbocycles. The first-order chi connectivity index (χ1) is 23.3. The molecule has 0 fully saturated rings. The van der Waals surface area contributed by atoms with Crippen LogP contribution in [0.4, 0.5) is 28.4 Å². The highest BCUT2D eigenvalue weighted by molar-refractivity contribution is 7.91. The van der Waals surface area contributed by atoms with Crippen molar-refractivity contribution >= 4 is 87.9 Å². The molecule has 9 N–H and O–H groups in total. The number of Topliss-reactive ketones (excluding diaryl/α,β-unsaturated/α-hetero) is 1. The molecular weight excluding hydrogens is 721 g/mol. The van der Waals surface area contributed by atoms with Gasteiger partial charge in [0.05, 0.1) is 33.2 Å². The van der Waals surface area contributed by atoms with Crippen molar-refractivity contribution in [2.75, 3.05) is 16.6 Å². The van der Waals surface area contributed by atoms with E-state index in [2.05, 4.69) is 31.3 Å². The van der Waals surface area contributed by atoms with E-state index in [1.165, 1.54) is 42.5 Å². The van der Waals surface area contributed by atoms with E-state index in [0.29, 0.717) is 17.8 Å². The second-order valence-corrected chi connectivity index (χ2v) is 14.4. The number of allylic oxidation sites excluding steroid dienone is 4. The average molecular weight is 743 g/mol. The highest BCUT2D eigenvalue weighted by Gasteiger charge is 2.37. The maximum Gasteiger partial charge on any atom is 0.296 e. The number of rotatable bonds is 9. The molecule has 0 heterocycles. The Morgan fingerprint density at radius 1 is 0.680 bits per heavy atom. The second kappa shape index (κ2) is 13.2. The number of fused-ring (bicyclic) bond motifs is 1. The van der Waals surface area contributed by atoms with E-state index in [1.807, 2.05) is 0 Å². The minimum atomic E-state index is -5.20. The predicted molar refractivity (Wildman–Crippen MR) is 180 cm³/mol. The van der Waals surface area contributed by atoms with Gasteiger partial charge in [-0.25, -0.2) is 0 Å². The molecule has 3 aromatic rings. The number of benzene rings is 3. The van der Waals surface area contributed by atoms with Crippen LogP contribution < -0.4 is 22.3 Å². The van der Waals surface area contributed by atoms with Crippen molar-refractivity contribution in [1.29, 1.82) is 0 Å². The molecule has 0 bridgehead atoms. The van der Waals surface area contributed by atoms with E-state index < -0.39 is 84.8 Å². The molecule has 50 heavy (non-hydrogen) atoms. The molecule has 0 aromatic heterocycles. The summed E-state index contributed by atoms with van der Waals surface area (Å²) in [4.78, 5) is 23.1. The summed E-state index contributed by atoms with van der Waals surface area (Å²) in [6.45, 7) is 0. The lowest BCUT2D eigenvalue weighted by atomic mass is 9.92. The van der Waals surface area contributed by atoms with Gasteiger partial charge >= 0.3 is 0 Å². The monoisotopic (exact) mass is 742 g/mol. The summed E-state index contributed by atoms with van der Waals surface area (Å²) in [6, 6.07) is 10.7. The number of nitrogen functional groups attached to an aromatic ring is 1. The number of hydrogen-bond acceptors (Lipinski definition) is 16. The van der Waals surface area contributed by atoms with Crippen LogP contribution in [0.25, 0.3) is 6.08 Å². The van der Waals surface area contributed by atoms with E-state index >= 15 is 0 Å². The van der Waals surface area contributed by atoms with Gasteiger partial charge in [0.1, 0.15) is 21.2 Å². The highest BCUT2D eigenvalue weighted by atomic mass is 32.2. The van der Waals surface area contributed by atoms with Gasteiger partial charge in [-0.05, 0) is 78.4 Å². The maximum absolute atomic E-state index is 13.6. The number of hydrogen-bond donors (Lipinski definition) is 7. The summed E-state index contributed by atoms with van der Waals surface area (Å²) in [5.74, 6) is -1.64. The molecule has 19 nitrogen and oxygen atoms in total. The average Bonchev–Trinajstić information content (AvgIpc) is 3.02. The summed E-state index contributed by atoms with van der Waals surface area (Å²) >= 11 is 0. The molecule has 0 atom stereocenters. The number of anilines is 3. The quantitative estimate of drug-likeness (QED) is 0.0545. The summed E-state index contributed by atoms with van der Waals surface area (Å²) in [5, 5.41) is 15.5. The first-order valence-corrected chi connectivity index (χ1v) is 17.8. The van der Waals surface area contributed by atoms with Crippen molar-refractivity contribution in [2.24, 2.45) is 26.2 Å². The van der Waals surface area contributed by atoms with Crippen LogP contribution in [0, 0.1) is 0 Å². The maximum atomic E-state index is 13.6. The predicted octanol–water partition coefficient (Wildman–Crippen LogP) is 2.82. The van der Waals surface area contributed by atoms with Crippen molar-refractivity contribution in [2.45, 2.75) is 9.79 Å². The lowest BCUT2D eigenvalue weighted by Crippen LogP contribution is -2.28. The van der Waals surface area contributed by atoms with Crippen LogP contribution in [-0.2, 0) is 35.1 Å². The van der Waals surface area contributed by atoms with Crippen LogP contribution >= 0.6 is 0 Å². The number of nitrogens with two attached hydrogens (primary N) is 2. The molecule has 22 heteroatoms. The Bertz CT molecular complexity index is 2490. The zero-order valence-corrected chi connectivity index (χ0v) is 27.2. The molecule has 2 aliphatic rings. The van der Waals surface area contributed by atoms with Gasteiger partial charge in [-0.15, -0.1) is 5.11 Å². The van der Waals surface area contributed by atoms with Crippen LogP contribution in [-0.4, -0.2) is 61.9 Å². The molecule has 0 saturated carbocycles. The molecule has 2 aliphatic carbocycles. The Hall–Kier alpha value is -5.91. The third kappa shape index (κ3) is 7.70. The van der Waals surface area contributed by atoms with Crippen LogP contribution in [0.5, 0.6) is 0 Å². The summed E-state index contributed by atoms with van der Waals surface area (Å²) < 4.78 is 101. The minimum Gasteiger partial charge on any atom is -0.399 e. The third-order valence-electron chi connectivity index (χ3n) is 6.72. The summed E-state index contributed by atoms with van der Waals surface area (Å²) in [5.41, 5.74) is 14.4. The zero-order chi connectivity index (χ0) is 36.6. The van der Waals surface area contributed by atoms with Crippen molar-refractivity contribution in [1.82, 2.24) is 0 Å². The smallest absolute Gasteiger partial charge is 0.296 e. The normalized spacial score (nSPS) is 16.8. The number of carbonyl (C=O) groups excluding carboxylic acids is 2. The fraction of sp³-hybridized carbons (Fsp3) is 0. The number of carbonyl (C=O) groups is 2. The minimum absolute atomic E-state index is 0.0117. The van der Waals surface area contributed by atoms with E-state index in [1.54, 1.807) is 0 Å². The summed E-state index contributed by atoms with van der Waals surface area (Å²) in [7, 11) is -14.9. The molecule has 0 saturated heterocycles. The molecule has 0 radical (unpaired) electrons. The van der Waals surface area contributed by atoms with Gasteiger partial charge in [-0.2, -0.15) is 40.6 Å². The molecule has 258 valence electrons. The highest BCUT2D eigenvalue weighted by Crippen LogP contribution is 2.41. The third-order valence-corrected chi connectivity index (χ3v) is 9.32. The lowest BCUT2D eigenvalue weighted by Gasteiger charge is -2.20. The van der Waals surface area contributed by atoms with Crippen LogP contribution in [0.2, 0.25) is 0 Å². The van der Waals surface area contributed by atoms with E-state index in [4.69, 9.17) is 16.0 Å². The SMILES string of the molecule is NC1=CC(=O)/C(=N\Nc2ccc(N=Nc3c(S(=O)(=O)O)cc4c(c3N)C(=O)/C(=N/Nc3ccc(S(=O)(=O)O)cc3)C(S(=O)(=O)O)=C4)cc2)C=C1. The summed E-state index contributed by atoms with van der Waals surface area (Å²) in [6.07, 6.45) is 4.82. The molecule has 0 unspecified atom stereocenters. The van der Waals surface area contributed by atoms with Crippen molar-refractivity contribution in [3.8, 4) is 0 Å². The fourth-order valence-electron chi connectivity index (χ4n) is 4.38. The Morgan fingerprint density at radius 3 is 1.84 bits per heavy atom. The molecule has 5 rings (SSSR count). The van der Waals surface area contributed by atoms with E-state index in [9.17, 15) is 43.9 Å². The Morgan fingerprint density at radius 2 is 1.28 bits per heavy atom.